The molecule has 548 valence electrons. The van der Waals surface area contributed by atoms with Crippen LogP contribution in [0.15, 0.2) is 30.3 Å². The Labute approximate surface area is 577 Å². The van der Waals surface area contributed by atoms with Crippen molar-refractivity contribution in [2.45, 2.75) is 288 Å². The molecule has 94 heavy (non-hydrogen) atoms. The molecule has 0 aliphatic rings. The topological polar surface area (TPSA) is 398 Å². The maximum Gasteiger partial charge on any atom is 0.373 e. The average molecular weight is 1460 g/mol. The molecule has 1 rings (SSSR count). The van der Waals surface area contributed by atoms with Crippen LogP contribution < -0.4 is 27.0 Å². The van der Waals surface area contributed by atoms with Gasteiger partial charge in [0.15, 0.2) is 6.23 Å². The average Bonchev–Trinajstić information content (AvgIpc) is 0.897. The van der Waals surface area contributed by atoms with Crippen molar-refractivity contribution in [2.75, 3.05) is 0 Å². The molecule has 0 aliphatic heterocycles. The Morgan fingerprint density at radius 1 is 0.479 bits per heavy atom. The first kappa shape index (κ1) is 103. The Bertz CT molecular complexity index is 2410. The molecule has 7 N–H and O–H groups in total. The number of hydrogen-bond donors (Lipinski definition) is 6. The summed E-state index contributed by atoms with van der Waals surface area (Å²) in [7, 11) is 0. The maximum atomic E-state index is 12.9. The number of rotatable bonds is 25. The second kappa shape index (κ2) is 51.5. The SMILES string of the molecule is CC.CC(C)(C)OC(=O)CC[C@H](N)OC=O.CC(C)(C)OC(=O)CC[C@H](NC(=O)N[C@@H](CCC(=O)O)C(C)(C)C)C(=O)OC(C)(C)C.CC(C)(C)OC(=O)CC[C@H](NC(=O)N[C@@H](CCC(=O)OCc1ccccc1)C(C)(C)C)C(=O)OC(C)(C)C.Cl.O=C=O.O=C=O.[CH3-].[Pd]. The molecule has 4 amide bonds. The van der Waals surface area contributed by atoms with E-state index in [2.05, 4.69) is 26.0 Å². The van der Waals surface area contributed by atoms with Crippen LogP contribution in [-0.4, -0.2) is 136 Å². The Morgan fingerprint density at radius 2 is 0.766 bits per heavy atom. The summed E-state index contributed by atoms with van der Waals surface area (Å²) in [6.07, 6.45) is 0.650. The number of carbonyl (C=O) groups is 10. The number of nitrogens with two attached hydrogens (primary N) is 1. The fraction of sp³-hybridized carbons (Fsp3) is 0.708. The molecule has 0 heterocycles. The number of amides is 4. The summed E-state index contributed by atoms with van der Waals surface area (Å²) < 4.78 is 36.2. The van der Waals surface area contributed by atoms with E-state index in [-0.39, 0.29) is 141 Å². The largest absolute Gasteiger partial charge is 0.481 e. The van der Waals surface area contributed by atoms with Crippen molar-refractivity contribution in [1.29, 1.82) is 0 Å². The predicted octanol–water partition coefficient (Wildman–Crippen LogP) is 9.75. The Morgan fingerprint density at radius 3 is 1.04 bits per heavy atom. The summed E-state index contributed by atoms with van der Waals surface area (Å²) in [6, 6.07) is 5.21. The van der Waals surface area contributed by atoms with Crippen LogP contribution in [0.3, 0.4) is 0 Å². The minimum Gasteiger partial charge on any atom is -0.481 e. The summed E-state index contributed by atoms with van der Waals surface area (Å²) in [6.45, 7) is 42.1. The number of hydrogen-bond acceptors (Lipinski definition) is 22. The van der Waals surface area contributed by atoms with E-state index in [4.69, 9.17) is 58.4 Å². The number of urea groups is 2. The molecule has 0 unspecified atom stereocenters. The van der Waals surface area contributed by atoms with Crippen LogP contribution >= 0.6 is 12.4 Å². The third-order valence-corrected chi connectivity index (χ3v) is 10.6. The van der Waals surface area contributed by atoms with E-state index in [1.54, 1.807) is 104 Å². The molecule has 0 aromatic heterocycles. The summed E-state index contributed by atoms with van der Waals surface area (Å²) >= 11 is 0. The normalized spacial score (nSPS) is 12.4. The van der Waals surface area contributed by atoms with Crippen LogP contribution in [0, 0.1) is 18.3 Å². The molecule has 5 atom stereocenters. The quantitative estimate of drug-likeness (QED) is 0.0132. The van der Waals surface area contributed by atoms with Crippen LogP contribution in [0.25, 0.3) is 0 Å². The van der Waals surface area contributed by atoms with Gasteiger partial charge in [-0.05, 0) is 146 Å². The fourth-order valence-electron chi connectivity index (χ4n) is 6.85. The summed E-state index contributed by atoms with van der Waals surface area (Å²) in [4.78, 5) is 152. The zero-order valence-corrected chi connectivity index (χ0v) is 62.3. The summed E-state index contributed by atoms with van der Waals surface area (Å²) in [5, 5.41) is 19.8. The number of esters is 6. The first-order valence-corrected chi connectivity index (χ1v) is 29.8. The molecule has 0 spiro atoms. The molecule has 0 fully saturated rings. The van der Waals surface area contributed by atoms with Crippen molar-refractivity contribution in [3.05, 3.63) is 43.3 Å². The van der Waals surface area contributed by atoms with E-state index in [9.17, 15) is 47.9 Å². The fourth-order valence-corrected chi connectivity index (χ4v) is 6.85. The number of benzene rings is 1. The Balaban J connectivity index is -0.000000197. The maximum absolute atomic E-state index is 12.9. The van der Waals surface area contributed by atoms with Crippen LogP contribution in [0.4, 0.5) is 9.59 Å². The molecule has 27 nitrogen and oxygen atoms in total. The zero-order valence-electron chi connectivity index (χ0n) is 60.0. The second-order valence-corrected chi connectivity index (χ2v) is 27.2. The summed E-state index contributed by atoms with van der Waals surface area (Å²) in [5.74, 6) is -3.94. The first-order valence-electron chi connectivity index (χ1n) is 29.8. The number of carboxylic acids is 1. The molecular formula is C65H113ClN5O22Pd-. The van der Waals surface area contributed by atoms with E-state index in [0.29, 0.717) is 6.42 Å². The van der Waals surface area contributed by atoms with Gasteiger partial charge in [-0.2, -0.15) is 19.2 Å². The third kappa shape index (κ3) is 66.6. The van der Waals surface area contributed by atoms with Crippen molar-refractivity contribution in [2.24, 2.45) is 16.6 Å². The van der Waals surface area contributed by atoms with Gasteiger partial charge < -0.3 is 67.0 Å². The van der Waals surface area contributed by atoms with E-state index in [1.807, 2.05) is 85.7 Å². The van der Waals surface area contributed by atoms with Gasteiger partial charge in [0.2, 0.25) is 0 Å². The van der Waals surface area contributed by atoms with Gasteiger partial charge in [0, 0.05) is 64.6 Å². The van der Waals surface area contributed by atoms with Crippen LogP contribution in [0.5, 0.6) is 0 Å². The zero-order chi connectivity index (χ0) is 72.4. The van der Waals surface area contributed by atoms with E-state index in [0.717, 1.165) is 5.56 Å². The molecule has 1 aromatic carbocycles. The van der Waals surface area contributed by atoms with Crippen LogP contribution in [0.2, 0.25) is 0 Å². The predicted molar refractivity (Wildman–Crippen MR) is 347 cm³/mol. The molecule has 29 heteroatoms. The second-order valence-electron chi connectivity index (χ2n) is 27.2. The van der Waals surface area contributed by atoms with Crippen LogP contribution in [-0.2, 0) is 118 Å². The van der Waals surface area contributed by atoms with Gasteiger partial charge in [0.25, 0.3) is 6.47 Å². The van der Waals surface area contributed by atoms with E-state index in [1.165, 1.54) is 0 Å². The molecule has 0 saturated carbocycles. The van der Waals surface area contributed by atoms with Gasteiger partial charge in [-0.1, -0.05) is 85.7 Å². The van der Waals surface area contributed by atoms with Crippen molar-refractivity contribution < 1.29 is 126 Å². The molecule has 1 aromatic rings. The monoisotopic (exact) mass is 1460 g/mol. The Kier molecular flexibility index (Phi) is 56.6. The smallest absolute Gasteiger partial charge is 0.373 e. The van der Waals surface area contributed by atoms with Gasteiger partial charge in [-0.25, -0.2) is 19.2 Å². The van der Waals surface area contributed by atoms with E-state index < -0.39 is 106 Å². The number of halogens is 1. The van der Waals surface area contributed by atoms with Crippen molar-refractivity contribution >= 4 is 85.0 Å². The number of carboxylic acid groups (broad SMARTS) is 1. The number of carbonyl (C=O) groups excluding carboxylic acids is 13. The number of aliphatic carboxylic acids is 1. The molecule has 0 aliphatic carbocycles. The van der Waals surface area contributed by atoms with Gasteiger partial charge in [-0.3, -0.25) is 34.5 Å². The minimum absolute atomic E-state index is 0. The van der Waals surface area contributed by atoms with Crippen molar-refractivity contribution in [3.63, 3.8) is 0 Å². The molecular weight excluding hydrogens is 1340 g/mol. The summed E-state index contributed by atoms with van der Waals surface area (Å²) in [5.41, 5.74) is 2.10. The molecule has 0 saturated heterocycles. The first-order chi connectivity index (χ1) is 41.3. The van der Waals surface area contributed by atoms with E-state index >= 15 is 0 Å². The van der Waals surface area contributed by atoms with Gasteiger partial charge in [-0.15, -0.1) is 12.4 Å². The van der Waals surface area contributed by atoms with Gasteiger partial charge >= 0.3 is 66.2 Å². The van der Waals surface area contributed by atoms with Gasteiger partial charge in [0.05, 0.1) is 6.42 Å². The number of ether oxygens (including phenoxy) is 7. The van der Waals surface area contributed by atoms with Crippen LogP contribution in [0.1, 0.15) is 229 Å². The minimum atomic E-state index is -1.06. The van der Waals surface area contributed by atoms with Crippen molar-refractivity contribution in [1.82, 2.24) is 21.3 Å². The Hall–Kier alpha value is -6.81. The molecule has 0 bridgehead atoms. The van der Waals surface area contributed by atoms with Gasteiger partial charge in [0.1, 0.15) is 46.7 Å². The third-order valence-electron chi connectivity index (χ3n) is 10.6. The number of nitrogens with one attached hydrogen (secondary N) is 4. The van der Waals surface area contributed by atoms with Crippen molar-refractivity contribution in [3.8, 4) is 0 Å². The standard InChI is InChI=1S/C29H46N2O7.C22H40N2O7.C9H17NO4.C2H6.2CO2.CH3.ClH.Pd/c1-27(2,3)22(16-18-23(32)36-19-20-13-11-10-12-14-20)31-26(35)30-21(25(34)38-29(7,8)9)15-17-24(33)37-28(4,5)6;1-20(2,3)15(11-12-16(25)26)24-19(29)23-14(18(28)31-22(7,8)9)10-13-17(27)30-21(4,5)6;1-9(2,3)14-8(12)5-4-7(10)13-6-11;1-2;2*2-1-3;;;/h10-14,21-22H,15-19H2,1-9H3,(H2,30,31,35);14-15H,10-13H2,1-9H3,(H,25,26)(H2,23,24,29);6-7H,4-5,10H2,1-3H3;1-2H3;;;1H3;1H;/q;;;;;;-1;;/t21-,22-;14-,15-;7-;;;;;;/m001....../s1. The molecule has 0 radical (unpaired) electrons.